The Morgan fingerprint density at radius 3 is 2.62 bits per heavy atom. The highest BCUT2D eigenvalue weighted by Crippen LogP contribution is 2.29. The van der Waals surface area contributed by atoms with Crippen LogP contribution in [-0.4, -0.2) is 21.0 Å². The molecule has 0 aliphatic rings. The third-order valence-electron chi connectivity index (χ3n) is 2.87. The van der Waals surface area contributed by atoms with Crippen molar-refractivity contribution in [3.8, 4) is 11.6 Å². The highest BCUT2D eigenvalue weighted by atomic mass is 35.5. The quantitative estimate of drug-likeness (QED) is 0.797. The average Bonchev–Trinajstić information content (AvgIpc) is 2.49. The molecule has 2 heterocycles. The van der Waals surface area contributed by atoms with Crippen LogP contribution in [0.1, 0.15) is 10.4 Å². The number of ether oxygens (including phenoxy) is 1. The third-order valence-corrected chi connectivity index (χ3v) is 3.09. The van der Waals surface area contributed by atoms with Crippen LogP contribution >= 0.6 is 11.6 Å². The Hall–Kier alpha value is -2.66. The topological polar surface area (TPSA) is 72.3 Å². The number of carboxylic acid groups (broad SMARTS) is 1. The molecule has 5 nitrogen and oxygen atoms in total. The third kappa shape index (κ3) is 2.64. The van der Waals surface area contributed by atoms with E-state index in [9.17, 15) is 9.90 Å². The fourth-order valence-corrected chi connectivity index (χ4v) is 2.07. The molecule has 21 heavy (non-hydrogen) atoms. The fourth-order valence-electron chi connectivity index (χ4n) is 1.96. The van der Waals surface area contributed by atoms with Gasteiger partial charge in [-0.3, -0.25) is 4.98 Å². The molecule has 0 saturated heterocycles. The van der Waals surface area contributed by atoms with Gasteiger partial charge >= 0.3 is 5.97 Å². The van der Waals surface area contributed by atoms with Gasteiger partial charge in [0, 0.05) is 17.6 Å². The van der Waals surface area contributed by atoms with Crippen molar-refractivity contribution in [2.24, 2.45) is 0 Å². The van der Waals surface area contributed by atoms with Crippen LogP contribution in [0.15, 0.2) is 48.8 Å². The van der Waals surface area contributed by atoms with Crippen LogP contribution in [0.25, 0.3) is 10.9 Å². The first-order chi connectivity index (χ1) is 10.1. The van der Waals surface area contributed by atoms with Crippen molar-refractivity contribution in [2.75, 3.05) is 0 Å². The standard InChI is InChI=1S/C15H9ClN2O3/c16-9-5-6-13(18-7-9)21-12-8-17-11-4-2-1-3-10(11)14(12)15(19)20/h1-8H,(H,19,20). The number of nitrogens with zero attached hydrogens (tertiary/aromatic N) is 2. The Bertz CT molecular complexity index is 819. The molecular formula is C15H9ClN2O3. The second-order valence-electron chi connectivity index (χ2n) is 4.24. The van der Waals surface area contributed by atoms with E-state index < -0.39 is 5.97 Å². The summed E-state index contributed by atoms with van der Waals surface area (Å²) in [5.74, 6) is -0.701. The summed E-state index contributed by atoms with van der Waals surface area (Å²) < 4.78 is 5.52. The molecule has 0 amide bonds. The number of aromatic carboxylic acids is 1. The predicted octanol–water partition coefficient (Wildman–Crippen LogP) is 3.77. The van der Waals surface area contributed by atoms with Crippen LogP contribution < -0.4 is 4.74 Å². The van der Waals surface area contributed by atoms with Crippen LogP contribution in [0.2, 0.25) is 5.02 Å². The summed E-state index contributed by atoms with van der Waals surface area (Å²) in [6.45, 7) is 0. The molecule has 6 heteroatoms. The zero-order valence-electron chi connectivity index (χ0n) is 10.7. The van der Waals surface area contributed by atoms with Crippen LogP contribution in [-0.2, 0) is 0 Å². The summed E-state index contributed by atoms with van der Waals surface area (Å²) in [5, 5.41) is 10.4. The first-order valence-corrected chi connectivity index (χ1v) is 6.43. The number of rotatable bonds is 3. The molecule has 0 unspecified atom stereocenters. The molecule has 3 rings (SSSR count). The number of hydrogen-bond donors (Lipinski definition) is 1. The Labute approximate surface area is 124 Å². The van der Waals surface area contributed by atoms with Crippen molar-refractivity contribution < 1.29 is 14.6 Å². The number of pyridine rings is 2. The van der Waals surface area contributed by atoms with E-state index in [-0.39, 0.29) is 17.2 Å². The van der Waals surface area contributed by atoms with E-state index >= 15 is 0 Å². The lowest BCUT2D eigenvalue weighted by Gasteiger charge is -2.09. The van der Waals surface area contributed by atoms with Gasteiger partial charge in [0.05, 0.1) is 16.7 Å². The van der Waals surface area contributed by atoms with E-state index in [1.807, 2.05) is 0 Å². The van der Waals surface area contributed by atoms with E-state index in [4.69, 9.17) is 16.3 Å². The van der Waals surface area contributed by atoms with Gasteiger partial charge in [-0.15, -0.1) is 0 Å². The lowest BCUT2D eigenvalue weighted by molar-refractivity contribution is 0.0696. The minimum atomic E-state index is -1.09. The van der Waals surface area contributed by atoms with Crippen molar-refractivity contribution >= 4 is 28.5 Å². The molecule has 1 aromatic carbocycles. The summed E-state index contributed by atoms with van der Waals surface area (Å²) in [6, 6.07) is 10.1. The first-order valence-electron chi connectivity index (χ1n) is 6.05. The molecule has 104 valence electrons. The van der Waals surface area contributed by atoms with Crippen LogP contribution in [0.4, 0.5) is 0 Å². The highest BCUT2D eigenvalue weighted by Gasteiger charge is 2.17. The molecule has 3 aromatic rings. The van der Waals surface area contributed by atoms with E-state index in [0.29, 0.717) is 15.9 Å². The Morgan fingerprint density at radius 2 is 1.90 bits per heavy atom. The van der Waals surface area contributed by atoms with Gasteiger partial charge in [-0.05, 0) is 12.1 Å². The minimum Gasteiger partial charge on any atom is -0.478 e. The van der Waals surface area contributed by atoms with Crippen molar-refractivity contribution in [3.63, 3.8) is 0 Å². The second-order valence-corrected chi connectivity index (χ2v) is 4.67. The Kier molecular flexibility index (Phi) is 3.41. The second kappa shape index (κ2) is 5.38. The molecule has 2 aromatic heterocycles. The lowest BCUT2D eigenvalue weighted by atomic mass is 10.1. The molecule has 0 fully saturated rings. The number of benzene rings is 1. The first kappa shape index (κ1) is 13.3. The zero-order chi connectivity index (χ0) is 14.8. The molecular weight excluding hydrogens is 292 g/mol. The SMILES string of the molecule is O=C(O)c1c(Oc2ccc(Cl)cn2)cnc2ccccc12. The van der Waals surface area contributed by atoms with E-state index in [0.717, 1.165) is 0 Å². The number of hydrogen-bond acceptors (Lipinski definition) is 4. The number of carbonyl (C=O) groups is 1. The van der Waals surface area contributed by atoms with Gasteiger partial charge in [-0.1, -0.05) is 29.8 Å². The number of aromatic nitrogens is 2. The lowest BCUT2D eigenvalue weighted by Crippen LogP contribution is -2.03. The largest absolute Gasteiger partial charge is 0.478 e. The van der Waals surface area contributed by atoms with Crippen molar-refractivity contribution in [1.82, 2.24) is 9.97 Å². The highest BCUT2D eigenvalue weighted by molar-refractivity contribution is 6.30. The maximum atomic E-state index is 11.5. The number of fused-ring (bicyclic) bond motifs is 1. The fraction of sp³-hybridized carbons (Fsp3) is 0. The van der Waals surface area contributed by atoms with Gasteiger partial charge in [0.15, 0.2) is 5.75 Å². The molecule has 0 radical (unpaired) electrons. The molecule has 1 N–H and O–H groups in total. The van der Waals surface area contributed by atoms with Crippen molar-refractivity contribution in [3.05, 3.63) is 59.4 Å². The zero-order valence-corrected chi connectivity index (χ0v) is 11.4. The summed E-state index contributed by atoms with van der Waals surface area (Å²) in [6.07, 6.45) is 2.80. The number of para-hydroxylation sites is 1. The van der Waals surface area contributed by atoms with Gasteiger partial charge < -0.3 is 9.84 Å². The van der Waals surface area contributed by atoms with E-state index in [1.54, 1.807) is 36.4 Å². The van der Waals surface area contributed by atoms with Gasteiger partial charge in [0.25, 0.3) is 0 Å². The number of carboxylic acids is 1. The molecule has 0 atom stereocenters. The molecule has 0 bridgehead atoms. The van der Waals surface area contributed by atoms with Crippen molar-refractivity contribution in [2.45, 2.75) is 0 Å². The monoisotopic (exact) mass is 300 g/mol. The molecule has 0 saturated carbocycles. The van der Waals surface area contributed by atoms with Crippen LogP contribution in [0.5, 0.6) is 11.6 Å². The Balaban J connectivity index is 2.11. The Morgan fingerprint density at radius 1 is 1.10 bits per heavy atom. The predicted molar refractivity (Wildman–Crippen MR) is 78.0 cm³/mol. The van der Waals surface area contributed by atoms with Gasteiger partial charge in [-0.2, -0.15) is 0 Å². The maximum absolute atomic E-state index is 11.5. The maximum Gasteiger partial charge on any atom is 0.340 e. The normalized spacial score (nSPS) is 10.5. The summed E-state index contributed by atoms with van der Waals surface area (Å²) in [7, 11) is 0. The number of halogens is 1. The van der Waals surface area contributed by atoms with E-state index in [2.05, 4.69) is 9.97 Å². The van der Waals surface area contributed by atoms with E-state index in [1.165, 1.54) is 12.4 Å². The van der Waals surface area contributed by atoms with Gasteiger partial charge in [0.2, 0.25) is 5.88 Å². The molecule has 0 spiro atoms. The molecule has 0 aliphatic carbocycles. The van der Waals surface area contributed by atoms with Gasteiger partial charge in [0.1, 0.15) is 5.56 Å². The van der Waals surface area contributed by atoms with Crippen molar-refractivity contribution in [1.29, 1.82) is 0 Å². The van der Waals surface area contributed by atoms with Crippen LogP contribution in [0.3, 0.4) is 0 Å². The average molecular weight is 301 g/mol. The summed E-state index contributed by atoms with van der Waals surface area (Å²) in [4.78, 5) is 19.7. The van der Waals surface area contributed by atoms with Gasteiger partial charge in [-0.25, -0.2) is 9.78 Å². The molecule has 0 aliphatic heterocycles. The van der Waals surface area contributed by atoms with Crippen LogP contribution in [0, 0.1) is 0 Å². The summed E-state index contributed by atoms with van der Waals surface area (Å²) in [5.41, 5.74) is 0.642. The summed E-state index contributed by atoms with van der Waals surface area (Å²) >= 11 is 5.75. The smallest absolute Gasteiger partial charge is 0.340 e. The minimum absolute atomic E-state index is 0.0531.